The van der Waals surface area contributed by atoms with Gasteiger partial charge in [-0.25, -0.2) is 4.79 Å². The predicted octanol–water partition coefficient (Wildman–Crippen LogP) is 3.33. The first-order valence-electron chi connectivity index (χ1n) is 11.0. The summed E-state index contributed by atoms with van der Waals surface area (Å²) >= 11 is 5.88. The minimum atomic E-state index is -0.780. The highest BCUT2D eigenvalue weighted by Crippen LogP contribution is 2.22. The summed E-state index contributed by atoms with van der Waals surface area (Å²) in [5.74, 6) is 0.286. The Morgan fingerprint density at radius 3 is 2.44 bits per heavy atom. The van der Waals surface area contributed by atoms with E-state index < -0.39 is 16.6 Å². The molecule has 1 aliphatic rings. The van der Waals surface area contributed by atoms with Crippen molar-refractivity contribution in [1.82, 2.24) is 14.5 Å². The van der Waals surface area contributed by atoms with E-state index in [1.165, 1.54) is 10.8 Å². The molecule has 12 heteroatoms. The number of hydrogen-bond donors (Lipinski definition) is 1. The number of aliphatic hydroxyl groups is 1. The van der Waals surface area contributed by atoms with Crippen LogP contribution in [-0.4, -0.2) is 75.1 Å². The second kappa shape index (κ2) is 10.9. The van der Waals surface area contributed by atoms with Gasteiger partial charge in [-0.15, -0.1) is 0 Å². The second-order valence-corrected chi connectivity index (χ2v) is 9.36. The normalized spacial score (nSPS) is 15.2. The van der Waals surface area contributed by atoms with E-state index in [0.29, 0.717) is 38.3 Å². The van der Waals surface area contributed by atoms with Gasteiger partial charge in [0.25, 0.3) is 0 Å². The lowest BCUT2D eigenvalue weighted by molar-refractivity contribution is -0.389. The van der Waals surface area contributed by atoms with Gasteiger partial charge in [0.1, 0.15) is 24.2 Å². The minimum Gasteiger partial charge on any atom is -0.491 e. The molecule has 1 N–H and O–H groups in total. The molecule has 1 aliphatic heterocycles. The number of halogens is 1. The van der Waals surface area contributed by atoms with E-state index in [9.17, 15) is 20.0 Å². The van der Waals surface area contributed by atoms with Crippen LogP contribution in [0.3, 0.4) is 0 Å². The number of amides is 1. The maximum Gasteiger partial charge on any atom is 0.410 e. The molecule has 0 spiro atoms. The summed E-state index contributed by atoms with van der Waals surface area (Å²) in [6.07, 6.45) is 0.469. The number of aliphatic hydroxyl groups excluding tert-OH is 1. The molecule has 11 nitrogen and oxygen atoms in total. The Morgan fingerprint density at radius 1 is 1.24 bits per heavy atom. The molecule has 186 valence electrons. The number of aromatic nitrogens is 2. The molecule has 0 aliphatic carbocycles. The highest BCUT2D eigenvalue weighted by molar-refractivity contribution is 6.28. The Kier molecular flexibility index (Phi) is 8.21. The zero-order valence-corrected chi connectivity index (χ0v) is 20.3. The van der Waals surface area contributed by atoms with Crippen molar-refractivity contribution in [3.63, 3.8) is 0 Å². The van der Waals surface area contributed by atoms with Gasteiger partial charge < -0.3 is 34.5 Å². The molecular weight excluding hydrogens is 466 g/mol. The first-order chi connectivity index (χ1) is 16.0. The SMILES string of the molecule is CC(C)(C)OC(=O)N1CCN(c2ccc(OC[C@@H](O)CCn3cc([N+](=O)[O-])nc3Cl)cc2)CC1. The first kappa shape index (κ1) is 25.6. The van der Waals surface area contributed by atoms with Gasteiger partial charge in [-0.3, -0.25) is 4.57 Å². The number of imidazole rings is 1. The summed E-state index contributed by atoms with van der Waals surface area (Å²) in [6.45, 7) is 8.49. The van der Waals surface area contributed by atoms with Crippen molar-refractivity contribution in [1.29, 1.82) is 0 Å². The predicted molar refractivity (Wildman–Crippen MR) is 126 cm³/mol. The van der Waals surface area contributed by atoms with Crippen molar-refractivity contribution in [2.45, 2.75) is 45.4 Å². The van der Waals surface area contributed by atoms with E-state index >= 15 is 0 Å². The third-order valence-electron chi connectivity index (χ3n) is 5.18. The van der Waals surface area contributed by atoms with Crippen LogP contribution in [0.15, 0.2) is 30.5 Å². The molecule has 0 bridgehead atoms. The molecule has 1 atom stereocenters. The van der Waals surface area contributed by atoms with E-state index in [4.69, 9.17) is 21.1 Å². The molecule has 1 amide bonds. The molecule has 3 rings (SSSR count). The lowest BCUT2D eigenvalue weighted by atomic mass is 10.2. The number of rotatable bonds is 8. The summed E-state index contributed by atoms with van der Waals surface area (Å²) in [5, 5.41) is 20.9. The average Bonchev–Trinajstić information content (AvgIpc) is 3.16. The fraction of sp³-hybridized carbons (Fsp3) is 0.545. The number of carbonyl (C=O) groups excluding carboxylic acids is 1. The monoisotopic (exact) mass is 495 g/mol. The van der Waals surface area contributed by atoms with Gasteiger partial charge in [0, 0.05) is 38.4 Å². The summed E-state index contributed by atoms with van der Waals surface area (Å²) in [7, 11) is 0. The molecular formula is C22H30ClN5O6. The van der Waals surface area contributed by atoms with Crippen LogP contribution < -0.4 is 9.64 Å². The van der Waals surface area contributed by atoms with E-state index in [1.807, 2.05) is 45.0 Å². The zero-order valence-electron chi connectivity index (χ0n) is 19.5. The number of benzene rings is 1. The number of aryl methyl sites for hydroxylation is 1. The lowest BCUT2D eigenvalue weighted by Crippen LogP contribution is -2.50. The van der Waals surface area contributed by atoms with E-state index in [1.54, 1.807) is 4.90 Å². The van der Waals surface area contributed by atoms with Gasteiger partial charge in [-0.05, 0) is 73.0 Å². The van der Waals surface area contributed by atoms with Gasteiger partial charge in [0.15, 0.2) is 0 Å². The Hall–Kier alpha value is -3.05. The molecule has 0 saturated carbocycles. The Bertz CT molecular complexity index is 983. The number of anilines is 1. The van der Waals surface area contributed by atoms with Crippen molar-refractivity contribution in [2.75, 3.05) is 37.7 Å². The zero-order chi connectivity index (χ0) is 24.9. The summed E-state index contributed by atoms with van der Waals surface area (Å²) in [6, 6.07) is 7.54. The first-order valence-corrected chi connectivity index (χ1v) is 11.4. The maximum absolute atomic E-state index is 12.2. The lowest BCUT2D eigenvalue weighted by Gasteiger charge is -2.36. The molecule has 1 fully saturated rings. The quantitative estimate of drug-likeness (QED) is 0.437. The van der Waals surface area contributed by atoms with E-state index in [-0.39, 0.29) is 30.3 Å². The summed E-state index contributed by atoms with van der Waals surface area (Å²) in [4.78, 5) is 29.9. The highest BCUT2D eigenvalue weighted by Gasteiger charge is 2.26. The smallest absolute Gasteiger partial charge is 0.410 e. The van der Waals surface area contributed by atoms with Gasteiger partial charge in [-0.2, -0.15) is 0 Å². The highest BCUT2D eigenvalue weighted by atomic mass is 35.5. The molecule has 1 aromatic heterocycles. The molecule has 0 unspecified atom stereocenters. The van der Waals surface area contributed by atoms with Gasteiger partial charge >= 0.3 is 17.2 Å². The van der Waals surface area contributed by atoms with E-state index in [2.05, 4.69) is 9.88 Å². The van der Waals surface area contributed by atoms with Crippen LogP contribution in [0.2, 0.25) is 5.28 Å². The summed E-state index contributed by atoms with van der Waals surface area (Å²) in [5.41, 5.74) is 0.512. The van der Waals surface area contributed by atoms with Crippen LogP contribution in [0.1, 0.15) is 27.2 Å². The second-order valence-electron chi connectivity index (χ2n) is 9.02. The number of piperazine rings is 1. The molecule has 2 aromatic rings. The topological polar surface area (TPSA) is 123 Å². The number of carbonyl (C=O) groups is 1. The van der Waals surface area contributed by atoms with Crippen molar-refractivity contribution in [2.24, 2.45) is 0 Å². The van der Waals surface area contributed by atoms with Crippen LogP contribution >= 0.6 is 11.6 Å². The number of nitrogens with zero attached hydrogens (tertiary/aromatic N) is 5. The molecule has 1 aromatic carbocycles. The third-order valence-corrected chi connectivity index (χ3v) is 5.48. The number of hydrogen-bond acceptors (Lipinski definition) is 8. The van der Waals surface area contributed by atoms with Crippen molar-refractivity contribution >= 4 is 29.2 Å². The molecule has 34 heavy (non-hydrogen) atoms. The summed E-state index contributed by atoms with van der Waals surface area (Å²) < 4.78 is 12.5. The van der Waals surface area contributed by atoms with Gasteiger partial charge in [0.2, 0.25) is 0 Å². The van der Waals surface area contributed by atoms with Crippen molar-refractivity contribution in [3.05, 3.63) is 45.9 Å². The minimum absolute atomic E-state index is 0.00216. The largest absolute Gasteiger partial charge is 0.491 e. The van der Waals surface area contributed by atoms with Gasteiger partial charge in [-0.1, -0.05) is 0 Å². The maximum atomic E-state index is 12.2. The number of nitro groups is 1. The Balaban J connectivity index is 1.42. The fourth-order valence-electron chi connectivity index (χ4n) is 3.42. The third kappa shape index (κ3) is 7.22. The molecule has 2 heterocycles. The van der Waals surface area contributed by atoms with Crippen molar-refractivity contribution < 1.29 is 24.3 Å². The van der Waals surface area contributed by atoms with Crippen LogP contribution in [0, 0.1) is 10.1 Å². The van der Waals surface area contributed by atoms with Crippen molar-refractivity contribution in [3.8, 4) is 5.75 Å². The average molecular weight is 496 g/mol. The fourth-order valence-corrected chi connectivity index (χ4v) is 3.64. The van der Waals surface area contributed by atoms with Crippen LogP contribution in [-0.2, 0) is 11.3 Å². The number of ether oxygens (including phenoxy) is 2. The van der Waals surface area contributed by atoms with E-state index in [0.717, 1.165) is 5.69 Å². The standard InChI is InChI=1S/C22H30ClN5O6/c1-22(2,3)34-21(30)26-12-10-25(11-13-26)16-4-6-18(7-5-16)33-15-17(29)8-9-27-14-19(28(31)32)24-20(27)23/h4-7,14,17,29H,8-13,15H2,1-3H3/t17-/m0/s1. The Morgan fingerprint density at radius 2 is 1.88 bits per heavy atom. The van der Waals surface area contributed by atoms with Crippen LogP contribution in [0.4, 0.5) is 16.3 Å². The van der Waals surface area contributed by atoms with Crippen LogP contribution in [0.5, 0.6) is 5.75 Å². The molecule has 0 radical (unpaired) electrons. The molecule has 1 saturated heterocycles. The van der Waals surface area contributed by atoms with Gasteiger partial charge in [0.05, 0.1) is 6.10 Å². The Labute approximate surface area is 203 Å². The van der Waals surface area contributed by atoms with Crippen LogP contribution in [0.25, 0.3) is 0 Å².